The topological polar surface area (TPSA) is 52.6 Å². The number of halogens is 1. The first kappa shape index (κ1) is 21.6. The van der Waals surface area contributed by atoms with Crippen molar-refractivity contribution in [2.75, 3.05) is 13.1 Å². The summed E-state index contributed by atoms with van der Waals surface area (Å²) in [5, 5.41) is 6.95. The van der Waals surface area contributed by atoms with Gasteiger partial charge in [0.1, 0.15) is 0 Å². The Bertz CT molecular complexity index is 692. The SMILES string of the molecule is CCNC(=NCc1ccccn1)NC1CC(C)N(Cc2ccccc2)C1.I. The lowest BCUT2D eigenvalue weighted by molar-refractivity contribution is 0.258. The number of guanidine groups is 1. The van der Waals surface area contributed by atoms with E-state index < -0.39 is 0 Å². The minimum absolute atomic E-state index is 0. The number of nitrogens with zero attached hydrogens (tertiary/aromatic N) is 3. The highest BCUT2D eigenvalue weighted by molar-refractivity contribution is 14.0. The molecule has 0 aliphatic carbocycles. The average Bonchev–Trinajstić information content (AvgIpc) is 3.00. The van der Waals surface area contributed by atoms with E-state index in [0.717, 1.165) is 37.7 Å². The van der Waals surface area contributed by atoms with Crippen molar-refractivity contribution in [3.8, 4) is 0 Å². The maximum Gasteiger partial charge on any atom is 0.191 e. The second-order valence-corrected chi connectivity index (χ2v) is 6.86. The van der Waals surface area contributed by atoms with Gasteiger partial charge in [0, 0.05) is 37.9 Å². The van der Waals surface area contributed by atoms with E-state index >= 15 is 0 Å². The van der Waals surface area contributed by atoms with Crippen molar-refractivity contribution in [1.82, 2.24) is 20.5 Å². The molecule has 1 saturated heterocycles. The normalized spacial score (nSPS) is 20.1. The van der Waals surface area contributed by atoms with E-state index in [4.69, 9.17) is 4.99 Å². The second kappa shape index (κ2) is 11.2. The first-order chi connectivity index (χ1) is 12.7. The van der Waals surface area contributed by atoms with Crippen molar-refractivity contribution in [3.63, 3.8) is 0 Å². The fourth-order valence-corrected chi connectivity index (χ4v) is 3.41. The molecule has 5 nitrogen and oxygen atoms in total. The van der Waals surface area contributed by atoms with Crippen LogP contribution in [0.15, 0.2) is 59.7 Å². The maximum atomic E-state index is 4.69. The predicted molar refractivity (Wildman–Crippen MR) is 122 cm³/mol. The van der Waals surface area contributed by atoms with Crippen LogP contribution in [0.25, 0.3) is 0 Å². The number of benzene rings is 1. The van der Waals surface area contributed by atoms with Crippen molar-refractivity contribution in [2.45, 2.75) is 45.4 Å². The van der Waals surface area contributed by atoms with E-state index in [-0.39, 0.29) is 24.0 Å². The van der Waals surface area contributed by atoms with Crippen LogP contribution in [0.3, 0.4) is 0 Å². The molecule has 0 saturated carbocycles. The predicted octanol–water partition coefficient (Wildman–Crippen LogP) is 3.42. The molecule has 1 fully saturated rings. The maximum absolute atomic E-state index is 4.69. The van der Waals surface area contributed by atoms with Gasteiger partial charge in [0.05, 0.1) is 12.2 Å². The zero-order chi connectivity index (χ0) is 18.2. The van der Waals surface area contributed by atoms with Gasteiger partial charge in [-0.2, -0.15) is 0 Å². The summed E-state index contributed by atoms with van der Waals surface area (Å²) in [6.07, 6.45) is 2.94. The number of nitrogens with one attached hydrogen (secondary N) is 2. The fourth-order valence-electron chi connectivity index (χ4n) is 3.41. The van der Waals surface area contributed by atoms with Crippen molar-refractivity contribution in [1.29, 1.82) is 0 Å². The Morgan fingerprint density at radius 3 is 2.67 bits per heavy atom. The van der Waals surface area contributed by atoms with Crippen LogP contribution in [0.1, 0.15) is 31.5 Å². The number of hydrogen-bond donors (Lipinski definition) is 2. The van der Waals surface area contributed by atoms with Crippen molar-refractivity contribution in [2.24, 2.45) is 4.99 Å². The van der Waals surface area contributed by atoms with Gasteiger partial charge in [-0.3, -0.25) is 9.88 Å². The van der Waals surface area contributed by atoms with Gasteiger partial charge in [0.25, 0.3) is 0 Å². The molecule has 6 heteroatoms. The van der Waals surface area contributed by atoms with Gasteiger partial charge in [-0.05, 0) is 38.0 Å². The number of aromatic nitrogens is 1. The van der Waals surface area contributed by atoms with Gasteiger partial charge >= 0.3 is 0 Å². The van der Waals surface area contributed by atoms with E-state index in [0.29, 0.717) is 18.6 Å². The molecule has 27 heavy (non-hydrogen) atoms. The Hall–Kier alpha value is -1.67. The van der Waals surface area contributed by atoms with Gasteiger partial charge in [-0.1, -0.05) is 36.4 Å². The summed E-state index contributed by atoms with van der Waals surface area (Å²) in [5.41, 5.74) is 2.35. The van der Waals surface area contributed by atoms with E-state index in [1.54, 1.807) is 0 Å². The molecule has 2 heterocycles. The molecule has 0 bridgehead atoms. The van der Waals surface area contributed by atoms with Gasteiger partial charge in [-0.15, -0.1) is 24.0 Å². The van der Waals surface area contributed by atoms with E-state index in [1.807, 2.05) is 24.4 Å². The fraction of sp³-hybridized carbons (Fsp3) is 0.429. The van der Waals surface area contributed by atoms with E-state index in [1.165, 1.54) is 5.56 Å². The van der Waals surface area contributed by atoms with Gasteiger partial charge in [0.2, 0.25) is 0 Å². The number of hydrogen-bond acceptors (Lipinski definition) is 3. The van der Waals surface area contributed by atoms with Crippen LogP contribution < -0.4 is 10.6 Å². The summed E-state index contributed by atoms with van der Waals surface area (Å²) < 4.78 is 0. The number of rotatable bonds is 6. The molecule has 2 atom stereocenters. The van der Waals surface area contributed by atoms with Gasteiger partial charge in [-0.25, -0.2) is 4.99 Å². The molecule has 3 rings (SSSR count). The first-order valence-electron chi connectivity index (χ1n) is 9.47. The Morgan fingerprint density at radius 1 is 1.19 bits per heavy atom. The third-order valence-corrected chi connectivity index (χ3v) is 4.74. The molecule has 146 valence electrons. The largest absolute Gasteiger partial charge is 0.357 e. The molecular formula is C21H30IN5. The highest BCUT2D eigenvalue weighted by Crippen LogP contribution is 2.20. The molecular weight excluding hydrogens is 449 g/mol. The summed E-state index contributed by atoms with van der Waals surface area (Å²) in [6, 6.07) is 17.6. The van der Waals surface area contributed by atoms with Crippen molar-refractivity contribution < 1.29 is 0 Å². The Balaban J connectivity index is 0.00000261. The quantitative estimate of drug-likeness (QED) is 0.379. The molecule has 1 aromatic carbocycles. The monoisotopic (exact) mass is 479 g/mol. The smallest absolute Gasteiger partial charge is 0.191 e. The molecule has 0 amide bonds. The summed E-state index contributed by atoms with van der Waals surface area (Å²) in [4.78, 5) is 11.6. The molecule has 2 aromatic rings. The van der Waals surface area contributed by atoms with Crippen LogP contribution >= 0.6 is 24.0 Å². The molecule has 0 spiro atoms. The zero-order valence-corrected chi connectivity index (χ0v) is 18.5. The summed E-state index contributed by atoms with van der Waals surface area (Å²) in [6.45, 7) is 7.88. The molecule has 2 N–H and O–H groups in total. The summed E-state index contributed by atoms with van der Waals surface area (Å²) in [7, 11) is 0. The van der Waals surface area contributed by atoms with Crippen LogP contribution in [0, 0.1) is 0 Å². The van der Waals surface area contributed by atoms with Crippen LogP contribution in [-0.4, -0.2) is 41.0 Å². The minimum atomic E-state index is 0. The lowest BCUT2D eigenvalue weighted by Gasteiger charge is -2.21. The summed E-state index contributed by atoms with van der Waals surface area (Å²) in [5.74, 6) is 0.872. The van der Waals surface area contributed by atoms with Gasteiger partial charge in [0.15, 0.2) is 5.96 Å². The third-order valence-electron chi connectivity index (χ3n) is 4.74. The average molecular weight is 479 g/mol. The highest BCUT2D eigenvalue weighted by Gasteiger charge is 2.29. The van der Waals surface area contributed by atoms with Crippen LogP contribution in [0.2, 0.25) is 0 Å². The van der Waals surface area contributed by atoms with Crippen LogP contribution in [0.4, 0.5) is 0 Å². The Labute approximate surface area is 179 Å². The minimum Gasteiger partial charge on any atom is -0.357 e. The number of aliphatic imine (C=N–C) groups is 1. The van der Waals surface area contributed by atoms with Crippen LogP contribution in [0.5, 0.6) is 0 Å². The molecule has 1 aliphatic heterocycles. The van der Waals surface area contributed by atoms with Crippen molar-refractivity contribution in [3.05, 3.63) is 66.0 Å². The third kappa shape index (κ3) is 6.77. The van der Waals surface area contributed by atoms with E-state index in [2.05, 4.69) is 64.7 Å². The number of pyridine rings is 1. The van der Waals surface area contributed by atoms with Crippen LogP contribution in [-0.2, 0) is 13.1 Å². The zero-order valence-electron chi connectivity index (χ0n) is 16.1. The molecule has 0 radical (unpaired) electrons. The molecule has 1 aliphatic rings. The lowest BCUT2D eigenvalue weighted by Crippen LogP contribution is -2.44. The Kier molecular flexibility index (Phi) is 9.00. The first-order valence-corrected chi connectivity index (χ1v) is 9.47. The second-order valence-electron chi connectivity index (χ2n) is 6.86. The standard InChI is InChI=1S/C21H29N5.HI/c1-3-22-21(24-14-19-11-7-8-12-23-19)25-20-13-17(2)26(16-20)15-18-9-5-4-6-10-18;/h4-12,17,20H,3,13-16H2,1-2H3,(H2,22,24,25);1H. The molecule has 1 aromatic heterocycles. The van der Waals surface area contributed by atoms with Gasteiger partial charge < -0.3 is 10.6 Å². The Morgan fingerprint density at radius 2 is 1.96 bits per heavy atom. The number of likely N-dealkylation sites (tertiary alicyclic amines) is 1. The summed E-state index contributed by atoms with van der Waals surface area (Å²) >= 11 is 0. The van der Waals surface area contributed by atoms with Crippen molar-refractivity contribution >= 4 is 29.9 Å². The highest BCUT2D eigenvalue weighted by atomic mass is 127. The molecule has 2 unspecified atom stereocenters. The van der Waals surface area contributed by atoms with E-state index in [9.17, 15) is 0 Å². The lowest BCUT2D eigenvalue weighted by atomic mass is 10.2.